The van der Waals surface area contributed by atoms with Gasteiger partial charge < -0.3 is 10.4 Å². The van der Waals surface area contributed by atoms with Gasteiger partial charge in [-0.15, -0.1) is 0 Å². The largest absolute Gasteiger partial charge is 0.481 e. The molecule has 0 aliphatic heterocycles. The van der Waals surface area contributed by atoms with Gasteiger partial charge in [-0.05, 0) is 31.4 Å². The molecule has 0 heterocycles. The van der Waals surface area contributed by atoms with Crippen LogP contribution in [0.1, 0.15) is 29.6 Å². The maximum absolute atomic E-state index is 11.9. The fraction of sp³-hybridized carbons (Fsp3) is 0.385. The van der Waals surface area contributed by atoms with E-state index >= 15 is 0 Å². The lowest BCUT2D eigenvalue weighted by molar-refractivity contribution is -0.384. The van der Waals surface area contributed by atoms with Gasteiger partial charge in [0.2, 0.25) is 0 Å². The van der Waals surface area contributed by atoms with Crippen LogP contribution >= 0.6 is 0 Å². The normalized spacial score (nSPS) is 21.4. The van der Waals surface area contributed by atoms with Crippen LogP contribution in [0, 0.1) is 16.0 Å². The minimum atomic E-state index is -0.836. The molecule has 2 rings (SSSR count). The third kappa shape index (κ3) is 3.11. The zero-order chi connectivity index (χ0) is 14.7. The van der Waals surface area contributed by atoms with Crippen LogP contribution in [0.15, 0.2) is 24.3 Å². The number of amides is 1. The first-order valence-electron chi connectivity index (χ1n) is 6.25. The van der Waals surface area contributed by atoms with Gasteiger partial charge in [0.25, 0.3) is 11.6 Å². The Morgan fingerprint density at radius 3 is 2.40 bits per heavy atom. The molecule has 0 spiro atoms. The quantitative estimate of drug-likeness (QED) is 0.641. The van der Waals surface area contributed by atoms with E-state index in [-0.39, 0.29) is 17.6 Å². The van der Waals surface area contributed by atoms with E-state index in [4.69, 9.17) is 5.11 Å². The molecular weight excluding hydrogens is 264 g/mol. The second-order valence-corrected chi connectivity index (χ2v) is 4.82. The van der Waals surface area contributed by atoms with Gasteiger partial charge in [0.05, 0.1) is 10.8 Å². The van der Waals surface area contributed by atoms with Crippen LogP contribution in [0.4, 0.5) is 5.69 Å². The van der Waals surface area contributed by atoms with Crippen molar-refractivity contribution in [2.75, 3.05) is 0 Å². The summed E-state index contributed by atoms with van der Waals surface area (Å²) >= 11 is 0. The predicted molar refractivity (Wildman–Crippen MR) is 69.3 cm³/mol. The number of carboxylic acid groups (broad SMARTS) is 1. The van der Waals surface area contributed by atoms with Crippen molar-refractivity contribution in [2.24, 2.45) is 5.92 Å². The molecule has 1 fully saturated rings. The SMILES string of the molecule is O=C(N[C@@H]1CC[C@H](C(=O)O)C1)c1ccc([N+](=O)[O-])cc1. The molecule has 1 aliphatic carbocycles. The van der Waals surface area contributed by atoms with Gasteiger partial charge in [0.15, 0.2) is 0 Å². The molecule has 0 saturated heterocycles. The lowest BCUT2D eigenvalue weighted by atomic mass is 10.1. The first-order valence-corrected chi connectivity index (χ1v) is 6.25. The number of rotatable bonds is 4. The summed E-state index contributed by atoms with van der Waals surface area (Å²) in [5.41, 5.74) is 0.253. The van der Waals surface area contributed by atoms with E-state index in [1.54, 1.807) is 0 Å². The first kappa shape index (κ1) is 14.0. The zero-order valence-corrected chi connectivity index (χ0v) is 10.6. The average Bonchev–Trinajstić information content (AvgIpc) is 2.87. The van der Waals surface area contributed by atoms with Crippen molar-refractivity contribution >= 4 is 17.6 Å². The molecule has 2 atom stereocenters. The number of benzene rings is 1. The van der Waals surface area contributed by atoms with Crippen LogP contribution in [0.3, 0.4) is 0 Å². The molecule has 7 nitrogen and oxygen atoms in total. The molecule has 7 heteroatoms. The Balaban J connectivity index is 1.95. The van der Waals surface area contributed by atoms with Gasteiger partial charge in [-0.2, -0.15) is 0 Å². The van der Waals surface area contributed by atoms with Crippen LogP contribution in [-0.2, 0) is 4.79 Å². The fourth-order valence-corrected chi connectivity index (χ4v) is 2.34. The van der Waals surface area contributed by atoms with E-state index in [2.05, 4.69) is 5.32 Å². The molecule has 1 aromatic rings. The maximum atomic E-state index is 11.9. The maximum Gasteiger partial charge on any atom is 0.306 e. The van der Waals surface area contributed by atoms with Gasteiger partial charge in [0, 0.05) is 23.7 Å². The topological polar surface area (TPSA) is 110 Å². The monoisotopic (exact) mass is 278 g/mol. The summed E-state index contributed by atoms with van der Waals surface area (Å²) in [7, 11) is 0. The highest BCUT2D eigenvalue weighted by Crippen LogP contribution is 2.26. The first-order chi connectivity index (χ1) is 9.47. The summed E-state index contributed by atoms with van der Waals surface area (Å²) in [5.74, 6) is -1.58. The number of carbonyl (C=O) groups is 2. The predicted octanol–water partition coefficient (Wildman–Crippen LogP) is 1.58. The van der Waals surface area contributed by atoms with Crippen molar-refractivity contribution in [3.8, 4) is 0 Å². The lowest BCUT2D eigenvalue weighted by Crippen LogP contribution is -2.33. The lowest BCUT2D eigenvalue weighted by Gasteiger charge is -2.12. The Morgan fingerprint density at radius 1 is 1.25 bits per heavy atom. The number of carboxylic acids is 1. The number of nitro groups is 1. The third-order valence-corrected chi connectivity index (χ3v) is 3.46. The van der Waals surface area contributed by atoms with Crippen molar-refractivity contribution in [3.63, 3.8) is 0 Å². The minimum absolute atomic E-state index is 0.0756. The Bertz CT molecular complexity index is 540. The summed E-state index contributed by atoms with van der Waals surface area (Å²) < 4.78 is 0. The van der Waals surface area contributed by atoms with Crippen LogP contribution in [-0.4, -0.2) is 27.9 Å². The van der Waals surface area contributed by atoms with Gasteiger partial charge in [-0.3, -0.25) is 19.7 Å². The molecule has 0 unspecified atom stereocenters. The van der Waals surface area contributed by atoms with Gasteiger partial charge in [-0.25, -0.2) is 0 Å². The molecule has 1 aliphatic rings. The number of hydrogen-bond acceptors (Lipinski definition) is 4. The van der Waals surface area contributed by atoms with Crippen molar-refractivity contribution in [3.05, 3.63) is 39.9 Å². The average molecular weight is 278 g/mol. The third-order valence-electron chi connectivity index (χ3n) is 3.46. The zero-order valence-electron chi connectivity index (χ0n) is 10.6. The number of hydrogen-bond donors (Lipinski definition) is 2. The molecule has 1 amide bonds. The second-order valence-electron chi connectivity index (χ2n) is 4.82. The highest BCUT2D eigenvalue weighted by Gasteiger charge is 2.30. The van der Waals surface area contributed by atoms with E-state index < -0.39 is 16.8 Å². The molecule has 106 valence electrons. The molecule has 0 bridgehead atoms. The van der Waals surface area contributed by atoms with Crippen LogP contribution < -0.4 is 5.32 Å². The Kier molecular flexibility index (Phi) is 3.97. The van der Waals surface area contributed by atoms with E-state index in [0.29, 0.717) is 24.8 Å². The van der Waals surface area contributed by atoms with E-state index in [0.717, 1.165) is 0 Å². The highest BCUT2D eigenvalue weighted by molar-refractivity contribution is 5.94. The van der Waals surface area contributed by atoms with Gasteiger partial charge >= 0.3 is 5.97 Å². The molecule has 0 aromatic heterocycles. The standard InChI is InChI=1S/C13H14N2O5/c16-12(8-2-5-11(6-3-8)15(19)20)14-10-4-1-9(7-10)13(17)18/h2-3,5-6,9-10H,1,4,7H2,(H,14,16)(H,17,18)/t9-,10+/m0/s1. The Hall–Kier alpha value is -2.44. The van der Waals surface area contributed by atoms with Gasteiger partial charge in [-0.1, -0.05) is 0 Å². The number of nitrogens with zero attached hydrogens (tertiary/aromatic N) is 1. The van der Waals surface area contributed by atoms with Crippen LogP contribution in [0.5, 0.6) is 0 Å². The smallest absolute Gasteiger partial charge is 0.306 e. The summed E-state index contributed by atoms with van der Waals surface area (Å²) in [6.07, 6.45) is 1.62. The molecule has 2 N–H and O–H groups in total. The van der Waals surface area contributed by atoms with Crippen LogP contribution in [0.2, 0.25) is 0 Å². The van der Waals surface area contributed by atoms with E-state index in [1.807, 2.05) is 0 Å². The summed E-state index contributed by atoms with van der Waals surface area (Å²) in [4.78, 5) is 32.7. The van der Waals surface area contributed by atoms with Crippen molar-refractivity contribution in [2.45, 2.75) is 25.3 Å². The van der Waals surface area contributed by atoms with Crippen molar-refractivity contribution in [1.82, 2.24) is 5.32 Å². The molecule has 1 aromatic carbocycles. The highest BCUT2D eigenvalue weighted by atomic mass is 16.6. The summed E-state index contributed by atoms with van der Waals surface area (Å²) in [5, 5.41) is 22.2. The number of aliphatic carboxylic acids is 1. The second kappa shape index (κ2) is 5.68. The molecular formula is C13H14N2O5. The number of carbonyl (C=O) groups excluding carboxylic acids is 1. The van der Waals surface area contributed by atoms with Crippen molar-refractivity contribution in [1.29, 1.82) is 0 Å². The Morgan fingerprint density at radius 2 is 1.90 bits per heavy atom. The number of non-ortho nitro benzene ring substituents is 1. The Labute approximate surface area is 114 Å². The van der Waals surface area contributed by atoms with Gasteiger partial charge in [0.1, 0.15) is 0 Å². The number of nitro benzene ring substituents is 1. The fourth-order valence-electron chi connectivity index (χ4n) is 2.34. The number of nitrogens with one attached hydrogen (secondary N) is 1. The minimum Gasteiger partial charge on any atom is -0.481 e. The van der Waals surface area contributed by atoms with E-state index in [1.165, 1.54) is 24.3 Å². The van der Waals surface area contributed by atoms with Crippen molar-refractivity contribution < 1.29 is 19.6 Å². The molecule has 0 radical (unpaired) electrons. The van der Waals surface area contributed by atoms with E-state index in [9.17, 15) is 19.7 Å². The molecule has 20 heavy (non-hydrogen) atoms. The summed E-state index contributed by atoms with van der Waals surface area (Å²) in [6.45, 7) is 0. The molecule has 1 saturated carbocycles. The summed E-state index contributed by atoms with van der Waals surface area (Å²) in [6, 6.07) is 5.15. The van der Waals surface area contributed by atoms with Crippen LogP contribution in [0.25, 0.3) is 0 Å².